The van der Waals surface area contributed by atoms with Crippen molar-refractivity contribution in [3.63, 3.8) is 0 Å². The lowest BCUT2D eigenvalue weighted by Gasteiger charge is -2.12. The SMILES string of the molecule is CCNC(=O)NCC(O)c1ccc(N)cc1. The molecule has 0 spiro atoms. The number of anilines is 1. The number of benzene rings is 1. The highest BCUT2D eigenvalue weighted by Gasteiger charge is 2.08. The largest absolute Gasteiger partial charge is 0.399 e. The van der Waals surface area contributed by atoms with E-state index >= 15 is 0 Å². The first-order valence-corrected chi connectivity index (χ1v) is 5.18. The van der Waals surface area contributed by atoms with Crippen molar-refractivity contribution in [2.24, 2.45) is 0 Å². The van der Waals surface area contributed by atoms with E-state index in [1.54, 1.807) is 24.3 Å². The van der Waals surface area contributed by atoms with Gasteiger partial charge in [-0.2, -0.15) is 0 Å². The van der Waals surface area contributed by atoms with Crippen molar-refractivity contribution in [3.05, 3.63) is 29.8 Å². The van der Waals surface area contributed by atoms with Crippen LogP contribution in [0.2, 0.25) is 0 Å². The monoisotopic (exact) mass is 223 g/mol. The average Bonchev–Trinajstić information content (AvgIpc) is 2.27. The van der Waals surface area contributed by atoms with Crippen molar-refractivity contribution < 1.29 is 9.90 Å². The van der Waals surface area contributed by atoms with Crippen LogP contribution in [0.15, 0.2) is 24.3 Å². The summed E-state index contributed by atoms with van der Waals surface area (Å²) < 4.78 is 0. The van der Waals surface area contributed by atoms with Crippen molar-refractivity contribution in [2.75, 3.05) is 18.8 Å². The van der Waals surface area contributed by atoms with Crippen LogP contribution in [-0.4, -0.2) is 24.2 Å². The summed E-state index contributed by atoms with van der Waals surface area (Å²) in [6, 6.07) is 6.62. The molecule has 0 radical (unpaired) electrons. The molecule has 1 aromatic carbocycles. The average molecular weight is 223 g/mol. The molecule has 0 aliphatic heterocycles. The number of carbonyl (C=O) groups is 1. The molecule has 0 saturated heterocycles. The Hall–Kier alpha value is -1.75. The summed E-state index contributed by atoms with van der Waals surface area (Å²) in [7, 11) is 0. The van der Waals surface area contributed by atoms with Crippen LogP contribution in [0.5, 0.6) is 0 Å². The number of aliphatic hydroxyl groups excluding tert-OH is 1. The second-order valence-corrected chi connectivity index (χ2v) is 3.42. The van der Waals surface area contributed by atoms with Crippen molar-refractivity contribution in [3.8, 4) is 0 Å². The lowest BCUT2D eigenvalue weighted by atomic mass is 10.1. The molecule has 1 rings (SSSR count). The normalized spacial score (nSPS) is 11.9. The van der Waals surface area contributed by atoms with Gasteiger partial charge in [0.2, 0.25) is 0 Å². The Kier molecular flexibility index (Phi) is 4.60. The predicted molar refractivity (Wildman–Crippen MR) is 62.9 cm³/mol. The first-order chi connectivity index (χ1) is 7.63. The van der Waals surface area contributed by atoms with Gasteiger partial charge in [0, 0.05) is 18.8 Å². The number of aliphatic hydroxyl groups is 1. The Morgan fingerprint density at radius 3 is 2.56 bits per heavy atom. The van der Waals surface area contributed by atoms with E-state index in [9.17, 15) is 9.90 Å². The molecule has 2 amide bonds. The number of urea groups is 1. The highest BCUT2D eigenvalue weighted by atomic mass is 16.3. The highest BCUT2D eigenvalue weighted by Crippen LogP contribution is 2.13. The summed E-state index contributed by atoms with van der Waals surface area (Å²) in [4.78, 5) is 11.1. The lowest BCUT2D eigenvalue weighted by Crippen LogP contribution is -2.37. The maximum atomic E-state index is 11.1. The Bertz CT molecular complexity index is 338. The topological polar surface area (TPSA) is 87.4 Å². The lowest BCUT2D eigenvalue weighted by molar-refractivity contribution is 0.173. The van der Waals surface area contributed by atoms with Crippen molar-refractivity contribution >= 4 is 11.7 Å². The van der Waals surface area contributed by atoms with Crippen LogP contribution in [0, 0.1) is 0 Å². The molecule has 16 heavy (non-hydrogen) atoms. The molecule has 0 aliphatic rings. The number of rotatable bonds is 4. The third kappa shape index (κ3) is 3.78. The summed E-state index contributed by atoms with van der Waals surface area (Å²) in [6.07, 6.45) is -0.719. The van der Waals surface area contributed by atoms with Gasteiger partial charge in [-0.15, -0.1) is 0 Å². The minimum atomic E-state index is -0.719. The molecule has 1 unspecified atom stereocenters. The van der Waals surface area contributed by atoms with Crippen LogP contribution in [0.1, 0.15) is 18.6 Å². The third-order valence-corrected chi connectivity index (χ3v) is 2.11. The van der Waals surface area contributed by atoms with E-state index < -0.39 is 6.10 Å². The molecule has 1 atom stereocenters. The summed E-state index contributed by atoms with van der Waals surface area (Å²) >= 11 is 0. The van der Waals surface area contributed by atoms with Gasteiger partial charge in [-0.1, -0.05) is 12.1 Å². The van der Waals surface area contributed by atoms with Gasteiger partial charge in [0.05, 0.1) is 6.10 Å². The van der Waals surface area contributed by atoms with Gasteiger partial charge in [0.1, 0.15) is 0 Å². The van der Waals surface area contributed by atoms with Crippen LogP contribution in [0.3, 0.4) is 0 Å². The number of amides is 2. The van der Waals surface area contributed by atoms with Gasteiger partial charge in [-0.3, -0.25) is 0 Å². The van der Waals surface area contributed by atoms with Gasteiger partial charge in [-0.05, 0) is 24.6 Å². The first kappa shape index (κ1) is 12.3. The molecule has 5 nitrogen and oxygen atoms in total. The third-order valence-electron chi connectivity index (χ3n) is 2.11. The minimum absolute atomic E-state index is 0.176. The molecule has 1 aromatic rings. The molecular weight excluding hydrogens is 206 g/mol. The summed E-state index contributed by atoms with van der Waals surface area (Å²) in [5, 5.41) is 14.9. The van der Waals surface area contributed by atoms with Crippen LogP contribution < -0.4 is 16.4 Å². The second-order valence-electron chi connectivity index (χ2n) is 3.42. The number of nitrogens with two attached hydrogens (primary N) is 1. The maximum absolute atomic E-state index is 11.1. The van der Waals surface area contributed by atoms with E-state index in [0.29, 0.717) is 12.2 Å². The zero-order valence-electron chi connectivity index (χ0n) is 9.23. The quantitative estimate of drug-likeness (QED) is 0.564. The number of nitrogens with one attached hydrogen (secondary N) is 2. The molecule has 0 saturated carbocycles. The fourth-order valence-corrected chi connectivity index (χ4v) is 1.25. The Morgan fingerprint density at radius 1 is 1.38 bits per heavy atom. The van der Waals surface area contributed by atoms with Crippen LogP contribution in [0.25, 0.3) is 0 Å². The van der Waals surface area contributed by atoms with E-state index in [1.807, 2.05) is 6.92 Å². The minimum Gasteiger partial charge on any atom is -0.399 e. The van der Waals surface area contributed by atoms with Crippen LogP contribution in [-0.2, 0) is 0 Å². The fraction of sp³-hybridized carbons (Fsp3) is 0.364. The predicted octanol–water partition coefficient (Wildman–Crippen LogP) is 0.621. The standard InChI is InChI=1S/C11H17N3O2/c1-2-13-11(16)14-7-10(15)8-3-5-9(12)6-4-8/h3-6,10,15H,2,7,12H2,1H3,(H2,13,14,16). The number of hydrogen-bond donors (Lipinski definition) is 4. The zero-order valence-corrected chi connectivity index (χ0v) is 9.23. The maximum Gasteiger partial charge on any atom is 0.314 e. The van der Waals surface area contributed by atoms with Gasteiger partial charge >= 0.3 is 6.03 Å². The first-order valence-electron chi connectivity index (χ1n) is 5.18. The smallest absolute Gasteiger partial charge is 0.314 e. The van der Waals surface area contributed by atoms with Crippen molar-refractivity contribution in [1.29, 1.82) is 0 Å². The number of nitrogen functional groups attached to an aromatic ring is 1. The van der Waals surface area contributed by atoms with E-state index in [0.717, 1.165) is 5.56 Å². The van der Waals surface area contributed by atoms with Crippen molar-refractivity contribution in [2.45, 2.75) is 13.0 Å². The Balaban J connectivity index is 2.43. The molecule has 0 aliphatic carbocycles. The molecule has 0 fully saturated rings. The van der Waals surface area contributed by atoms with Crippen LogP contribution >= 0.6 is 0 Å². The van der Waals surface area contributed by atoms with Gasteiger partial charge in [0.15, 0.2) is 0 Å². The molecular formula is C11H17N3O2. The van der Waals surface area contributed by atoms with E-state index in [2.05, 4.69) is 10.6 Å². The molecule has 0 aromatic heterocycles. The van der Waals surface area contributed by atoms with Crippen molar-refractivity contribution in [1.82, 2.24) is 10.6 Å². The van der Waals surface area contributed by atoms with Gasteiger partial charge < -0.3 is 21.5 Å². The van der Waals surface area contributed by atoms with E-state index in [-0.39, 0.29) is 12.6 Å². The highest BCUT2D eigenvalue weighted by molar-refractivity contribution is 5.73. The summed E-state index contributed by atoms with van der Waals surface area (Å²) in [5.41, 5.74) is 6.90. The van der Waals surface area contributed by atoms with E-state index in [1.165, 1.54) is 0 Å². The second kappa shape index (κ2) is 5.97. The Labute approximate surface area is 94.7 Å². The molecule has 0 bridgehead atoms. The molecule has 88 valence electrons. The number of carbonyl (C=O) groups excluding carboxylic acids is 1. The van der Waals surface area contributed by atoms with E-state index in [4.69, 9.17) is 5.73 Å². The fourth-order valence-electron chi connectivity index (χ4n) is 1.25. The molecule has 5 heteroatoms. The van der Waals surface area contributed by atoms with Gasteiger partial charge in [0.25, 0.3) is 0 Å². The Morgan fingerprint density at radius 2 is 2.00 bits per heavy atom. The zero-order chi connectivity index (χ0) is 12.0. The molecule has 5 N–H and O–H groups in total. The van der Waals surface area contributed by atoms with Crippen LogP contribution in [0.4, 0.5) is 10.5 Å². The summed E-state index contributed by atoms with van der Waals surface area (Å²) in [5.74, 6) is 0. The molecule has 0 heterocycles. The summed E-state index contributed by atoms with van der Waals surface area (Å²) in [6.45, 7) is 2.57. The van der Waals surface area contributed by atoms with Gasteiger partial charge in [-0.25, -0.2) is 4.79 Å². The number of hydrogen-bond acceptors (Lipinski definition) is 3.